The van der Waals surface area contributed by atoms with Gasteiger partial charge in [-0.15, -0.1) is 0 Å². The van der Waals surface area contributed by atoms with E-state index in [1.165, 1.54) is 6.92 Å². The van der Waals surface area contributed by atoms with Crippen molar-refractivity contribution in [3.8, 4) is 0 Å². The topological polar surface area (TPSA) is 37.4 Å². The highest BCUT2D eigenvalue weighted by atomic mass is 32.2. The van der Waals surface area contributed by atoms with Crippen molar-refractivity contribution in [2.45, 2.75) is 75.0 Å². The second kappa shape index (κ2) is 9.86. The van der Waals surface area contributed by atoms with E-state index >= 15 is 8.78 Å². The van der Waals surface area contributed by atoms with Crippen LogP contribution < -0.4 is 0 Å². The van der Waals surface area contributed by atoms with Crippen LogP contribution in [-0.2, 0) is 15.6 Å². The Morgan fingerprint density at radius 3 is 2.20 bits per heavy atom. The van der Waals surface area contributed by atoms with E-state index in [4.69, 9.17) is 0 Å². The molecule has 0 aromatic heterocycles. The molecule has 0 saturated heterocycles. The highest BCUT2D eigenvalue weighted by molar-refractivity contribution is 7.87. The molecule has 0 aliphatic carbocycles. The molecule has 0 radical (unpaired) electrons. The van der Waals surface area contributed by atoms with Crippen LogP contribution in [0.15, 0.2) is 12.7 Å². The van der Waals surface area contributed by atoms with Crippen LogP contribution in [0.1, 0.15) is 53.4 Å². The van der Waals surface area contributed by atoms with Gasteiger partial charge in [-0.05, 0) is 58.8 Å². The molecule has 0 spiro atoms. The summed E-state index contributed by atoms with van der Waals surface area (Å²) in [5.74, 6) is 0. The Kier molecular flexibility index (Phi) is 9.58. The van der Waals surface area contributed by atoms with Gasteiger partial charge < -0.3 is 4.90 Å². The maximum Gasteiger partial charge on any atom is 0.221 e. The van der Waals surface area contributed by atoms with Crippen LogP contribution in [-0.4, -0.2) is 57.1 Å². The maximum absolute atomic E-state index is 15.3. The minimum absolute atomic E-state index is 0.303. The summed E-state index contributed by atoms with van der Waals surface area (Å²) in [4.78, 5) is 13.2. The average Bonchev–Trinajstić information content (AvgIpc) is 2.59. The van der Waals surface area contributed by atoms with E-state index in [2.05, 4.69) is 18.4 Å². The minimum Gasteiger partial charge on any atom is -0.306 e. The standard InChI is InChI=1S/C18H32F3NO2S/c1-7-12-22(6)13-10-11-15(4)25(24)16(5,19)18(21,9-3)17(20,8-2)14-23/h8,14-15H,2,7,9-13H2,1,3-6H3. The molecule has 0 amide bonds. The second-order valence-corrected chi connectivity index (χ2v) is 8.88. The Morgan fingerprint density at radius 1 is 1.24 bits per heavy atom. The molecule has 0 saturated carbocycles. The summed E-state index contributed by atoms with van der Waals surface area (Å²) in [7, 11) is -0.361. The number of alkyl halides is 3. The Labute approximate surface area is 152 Å². The van der Waals surface area contributed by atoms with Crippen LogP contribution in [0, 0.1) is 0 Å². The van der Waals surface area contributed by atoms with Crippen molar-refractivity contribution in [2.75, 3.05) is 20.1 Å². The van der Waals surface area contributed by atoms with Gasteiger partial charge in [0.05, 0.1) is 10.8 Å². The Bertz CT molecular complexity index is 465. The van der Waals surface area contributed by atoms with E-state index in [-0.39, 0.29) is 6.29 Å². The number of aldehydes is 1. The molecule has 5 atom stereocenters. The number of halogens is 3. The first-order valence-corrected chi connectivity index (χ1v) is 9.94. The molecule has 0 aliphatic rings. The van der Waals surface area contributed by atoms with Gasteiger partial charge in [0, 0.05) is 5.25 Å². The van der Waals surface area contributed by atoms with Gasteiger partial charge in [-0.25, -0.2) is 13.2 Å². The zero-order valence-corrected chi connectivity index (χ0v) is 16.8. The molecule has 3 nitrogen and oxygen atoms in total. The molecule has 0 aromatic rings. The fourth-order valence-electron chi connectivity index (χ4n) is 3.02. The van der Waals surface area contributed by atoms with Crippen molar-refractivity contribution in [1.29, 1.82) is 0 Å². The molecule has 148 valence electrons. The van der Waals surface area contributed by atoms with Crippen molar-refractivity contribution < 1.29 is 22.2 Å². The molecule has 0 rings (SSSR count). The summed E-state index contributed by atoms with van der Waals surface area (Å²) in [5, 5.41) is -3.70. The Balaban J connectivity index is 5.24. The van der Waals surface area contributed by atoms with Gasteiger partial charge in [0.2, 0.25) is 10.7 Å². The van der Waals surface area contributed by atoms with E-state index < -0.39 is 38.8 Å². The first-order valence-electron chi connectivity index (χ1n) is 8.73. The van der Waals surface area contributed by atoms with E-state index in [1.807, 2.05) is 7.05 Å². The van der Waals surface area contributed by atoms with Crippen molar-refractivity contribution in [2.24, 2.45) is 0 Å². The lowest BCUT2D eigenvalue weighted by Gasteiger charge is -2.42. The highest BCUT2D eigenvalue weighted by Crippen LogP contribution is 2.47. The Hall–Kier alpha value is -0.690. The van der Waals surface area contributed by atoms with Gasteiger partial charge in [0.15, 0.2) is 12.0 Å². The summed E-state index contributed by atoms with van der Waals surface area (Å²) < 4.78 is 57.7. The van der Waals surface area contributed by atoms with Crippen LogP contribution in [0.2, 0.25) is 0 Å². The quantitative estimate of drug-likeness (QED) is 0.354. The van der Waals surface area contributed by atoms with Gasteiger partial charge in [-0.3, -0.25) is 9.00 Å². The molecule has 5 unspecified atom stereocenters. The van der Waals surface area contributed by atoms with Crippen LogP contribution in [0.25, 0.3) is 0 Å². The number of rotatable bonds is 13. The van der Waals surface area contributed by atoms with Crippen molar-refractivity contribution >= 4 is 17.1 Å². The molecular weight excluding hydrogens is 351 g/mol. The van der Waals surface area contributed by atoms with E-state index in [9.17, 15) is 13.4 Å². The number of carbonyl (C=O) groups is 1. The minimum atomic E-state index is -3.25. The van der Waals surface area contributed by atoms with Crippen LogP contribution in [0.5, 0.6) is 0 Å². The summed E-state index contributed by atoms with van der Waals surface area (Å²) in [6.07, 6.45) is 1.59. The molecule has 0 aromatic carbocycles. The fraction of sp³-hybridized carbons (Fsp3) is 0.833. The van der Waals surface area contributed by atoms with Gasteiger partial charge in [-0.1, -0.05) is 27.4 Å². The SMILES string of the molecule is C=CC(F)(C=O)C(F)(CC)C(C)(F)S(=O)C(C)CCCN(C)CCC. The summed E-state index contributed by atoms with van der Waals surface area (Å²) in [6.45, 7) is 10.4. The zero-order valence-electron chi connectivity index (χ0n) is 16.0. The lowest BCUT2D eigenvalue weighted by molar-refractivity contribution is -0.132. The monoisotopic (exact) mass is 383 g/mol. The van der Waals surface area contributed by atoms with Crippen LogP contribution >= 0.6 is 0 Å². The highest BCUT2D eigenvalue weighted by Gasteiger charge is 2.65. The Morgan fingerprint density at radius 2 is 1.80 bits per heavy atom. The largest absolute Gasteiger partial charge is 0.306 e. The molecule has 25 heavy (non-hydrogen) atoms. The number of hydrogen-bond donors (Lipinski definition) is 0. The molecule has 0 heterocycles. The fourth-order valence-corrected chi connectivity index (χ4v) is 4.77. The number of nitrogens with zero attached hydrogens (tertiary/aromatic N) is 1. The average molecular weight is 384 g/mol. The van der Waals surface area contributed by atoms with Gasteiger partial charge in [0.1, 0.15) is 0 Å². The van der Waals surface area contributed by atoms with Gasteiger partial charge >= 0.3 is 0 Å². The van der Waals surface area contributed by atoms with Crippen molar-refractivity contribution in [1.82, 2.24) is 4.90 Å². The van der Waals surface area contributed by atoms with Crippen LogP contribution in [0.3, 0.4) is 0 Å². The first kappa shape index (κ1) is 24.3. The number of allylic oxidation sites excluding steroid dienone is 1. The summed E-state index contributed by atoms with van der Waals surface area (Å²) in [5.41, 5.74) is -6.48. The lowest BCUT2D eigenvalue weighted by atomic mass is 9.81. The van der Waals surface area contributed by atoms with Crippen LogP contribution in [0.4, 0.5) is 13.2 Å². The van der Waals surface area contributed by atoms with Crippen molar-refractivity contribution in [3.63, 3.8) is 0 Å². The summed E-state index contributed by atoms with van der Waals surface area (Å²) in [6, 6.07) is 0. The van der Waals surface area contributed by atoms with Gasteiger partial charge in [-0.2, -0.15) is 0 Å². The molecule has 0 bridgehead atoms. The third-order valence-electron chi connectivity index (χ3n) is 4.77. The smallest absolute Gasteiger partial charge is 0.221 e. The normalized spacial score (nSPS) is 21.6. The van der Waals surface area contributed by atoms with E-state index in [0.717, 1.165) is 26.4 Å². The molecule has 7 heteroatoms. The third kappa shape index (κ3) is 5.16. The first-order chi connectivity index (χ1) is 11.5. The van der Waals surface area contributed by atoms with Crippen molar-refractivity contribution in [3.05, 3.63) is 12.7 Å². The summed E-state index contributed by atoms with van der Waals surface area (Å²) >= 11 is 0. The third-order valence-corrected chi connectivity index (χ3v) is 6.82. The molecule has 0 N–H and O–H groups in total. The number of carbonyl (C=O) groups excluding carboxylic acids is 1. The lowest BCUT2D eigenvalue weighted by Crippen LogP contribution is -2.62. The maximum atomic E-state index is 15.3. The molecular formula is C18H32F3NO2S. The predicted molar refractivity (Wildman–Crippen MR) is 98.4 cm³/mol. The molecule has 0 aliphatic heterocycles. The van der Waals surface area contributed by atoms with E-state index in [0.29, 0.717) is 18.9 Å². The van der Waals surface area contributed by atoms with E-state index in [1.54, 1.807) is 6.92 Å². The zero-order chi connectivity index (χ0) is 19.9. The second-order valence-electron chi connectivity index (χ2n) is 6.72. The van der Waals surface area contributed by atoms with Gasteiger partial charge in [0.25, 0.3) is 0 Å². The molecule has 0 fully saturated rings. The predicted octanol–water partition coefficient (Wildman–Crippen LogP) is 4.14. The number of hydrogen-bond acceptors (Lipinski definition) is 3.